The molecule has 8 unspecified atom stereocenters. The summed E-state index contributed by atoms with van der Waals surface area (Å²) >= 11 is 0. The number of rotatable bonds is 9. The minimum absolute atomic E-state index is 0.111. The van der Waals surface area contributed by atoms with Gasteiger partial charge in [0.15, 0.2) is 0 Å². The Kier molecular flexibility index (Phi) is 9.01. The largest absolute Gasteiger partial charge is 0.392 e. The minimum Gasteiger partial charge on any atom is -0.392 e. The molecule has 5 heteroatoms. The summed E-state index contributed by atoms with van der Waals surface area (Å²) in [6.45, 7) is 12.0. The fraction of sp³-hybridized carbons (Fsp3) is 1.00. The Labute approximate surface area is 159 Å². The van der Waals surface area contributed by atoms with E-state index in [0.29, 0.717) is 31.1 Å². The number of aliphatic hydroxyl groups excluding tert-OH is 4. The maximum Gasteiger partial charge on any atom is 0.117 e. The van der Waals surface area contributed by atoms with Crippen LogP contribution in [0, 0.1) is 29.6 Å². The monoisotopic (exact) mass is 374 g/mol. The van der Waals surface area contributed by atoms with Crippen LogP contribution in [0.1, 0.15) is 73.6 Å². The molecule has 0 saturated heterocycles. The Bertz CT molecular complexity index is 413. The zero-order valence-electron chi connectivity index (χ0n) is 17.5. The quantitative estimate of drug-likeness (QED) is 0.426. The molecule has 5 N–H and O–H groups in total. The second-order valence-electron chi connectivity index (χ2n) is 9.39. The van der Waals surface area contributed by atoms with Gasteiger partial charge in [0.1, 0.15) is 5.60 Å². The van der Waals surface area contributed by atoms with Crippen molar-refractivity contribution in [3.63, 3.8) is 0 Å². The SMILES string of the molecule is CCC(C)C(O)C1C(O)C(CCC(C)C)C(O)C(O)(CCC(C)C)C1O. The molecule has 0 radical (unpaired) electrons. The van der Waals surface area contributed by atoms with Crippen molar-refractivity contribution in [2.75, 3.05) is 0 Å². The highest BCUT2D eigenvalue weighted by Gasteiger charge is 2.59. The predicted octanol–water partition coefficient (Wildman–Crippen LogP) is 2.33. The summed E-state index contributed by atoms with van der Waals surface area (Å²) < 4.78 is 0. The van der Waals surface area contributed by atoms with Crippen molar-refractivity contribution in [1.82, 2.24) is 0 Å². The zero-order valence-corrected chi connectivity index (χ0v) is 17.5. The van der Waals surface area contributed by atoms with Gasteiger partial charge in [-0.2, -0.15) is 0 Å². The molecular weight excluding hydrogens is 332 g/mol. The lowest BCUT2D eigenvalue weighted by molar-refractivity contribution is -0.259. The Morgan fingerprint density at radius 1 is 0.885 bits per heavy atom. The van der Waals surface area contributed by atoms with Crippen LogP contribution >= 0.6 is 0 Å². The van der Waals surface area contributed by atoms with E-state index in [1.165, 1.54) is 0 Å². The Hall–Kier alpha value is -0.200. The predicted molar refractivity (Wildman–Crippen MR) is 104 cm³/mol. The average Bonchev–Trinajstić information content (AvgIpc) is 2.57. The van der Waals surface area contributed by atoms with Gasteiger partial charge in [-0.15, -0.1) is 0 Å². The van der Waals surface area contributed by atoms with Crippen molar-refractivity contribution in [1.29, 1.82) is 0 Å². The van der Waals surface area contributed by atoms with Crippen LogP contribution in [0.4, 0.5) is 0 Å². The van der Waals surface area contributed by atoms with Crippen molar-refractivity contribution < 1.29 is 25.5 Å². The van der Waals surface area contributed by atoms with E-state index in [1.54, 1.807) is 0 Å². The van der Waals surface area contributed by atoms with Crippen LogP contribution in [0.5, 0.6) is 0 Å². The third-order valence-corrected chi connectivity index (χ3v) is 6.45. The van der Waals surface area contributed by atoms with Gasteiger partial charge in [0.2, 0.25) is 0 Å². The van der Waals surface area contributed by atoms with Crippen LogP contribution in [0.15, 0.2) is 0 Å². The highest BCUT2D eigenvalue weighted by Crippen LogP contribution is 2.44. The summed E-state index contributed by atoms with van der Waals surface area (Å²) in [5.74, 6) is -0.802. The molecule has 26 heavy (non-hydrogen) atoms. The van der Waals surface area contributed by atoms with Gasteiger partial charge in [-0.3, -0.25) is 0 Å². The highest BCUT2D eigenvalue weighted by molar-refractivity contribution is 5.09. The molecule has 0 aromatic carbocycles. The van der Waals surface area contributed by atoms with Crippen LogP contribution in [0.2, 0.25) is 0 Å². The number of hydrogen-bond acceptors (Lipinski definition) is 5. The van der Waals surface area contributed by atoms with Crippen molar-refractivity contribution in [3.05, 3.63) is 0 Å². The zero-order chi connectivity index (χ0) is 20.2. The third kappa shape index (κ3) is 5.20. The van der Waals surface area contributed by atoms with Gasteiger partial charge in [0.05, 0.1) is 24.4 Å². The molecule has 1 aliphatic carbocycles. The van der Waals surface area contributed by atoms with Crippen molar-refractivity contribution in [3.8, 4) is 0 Å². The number of hydrogen-bond donors (Lipinski definition) is 5. The first-order valence-electron chi connectivity index (χ1n) is 10.4. The van der Waals surface area contributed by atoms with Gasteiger partial charge in [-0.25, -0.2) is 0 Å². The molecule has 0 aromatic heterocycles. The normalized spacial score (nSPS) is 38.0. The fourth-order valence-electron chi connectivity index (χ4n) is 4.22. The molecule has 1 fully saturated rings. The molecule has 1 saturated carbocycles. The van der Waals surface area contributed by atoms with E-state index in [-0.39, 0.29) is 12.3 Å². The standard InChI is InChI=1S/C21H42O5/c1-7-14(6)17(22)16-18(23)15(9-8-12(2)3)19(24)21(26,20(16)25)11-10-13(4)5/h12-20,22-26H,7-11H2,1-6H3. The van der Waals surface area contributed by atoms with Gasteiger partial charge in [0, 0.05) is 11.8 Å². The van der Waals surface area contributed by atoms with Gasteiger partial charge in [0.25, 0.3) is 0 Å². The van der Waals surface area contributed by atoms with Crippen LogP contribution in [0.3, 0.4) is 0 Å². The van der Waals surface area contributed by atoms with Gasteiger partial charge < -0.3 is 25.5 Å². The smallest absolute Gasteiger partial charge is 0.117 e. The second-order valence-corrected chi connectivity index (χ2v) is 9.39. The fourth-order valence-corrected chi connectivity index (χ4v) is 4.22. The number of aliphatic hydroxyl groups is 5. The minimum atomic E-state index is -1.70. The van der Waals surface area contributed by atoms with Crippen LogP contribution in [-0.4, -0.2) is 55.5 Å². The van der Waals surface area contributed by atoms with Gasteiger partial charge in [-0.1, -0.05) is 54.4 Å². The van der Waals surface area contributed by atoms with Crippen molar-refractivity contribution >= 4 is 0 Å². The molecule has 1 aliphatic rings. The van der Waals surface area contributed by atoms with Crippen molar-refractivity contribution in [2.45, 2.75) is 104 Å². The van der Waals surface area contributed by atoms with Crippen LogP contribution in [0.25, 0.3) is 0 Å². The lowest BCUT2D eigenvalue weighted by Gasteiger charge is -2.53. The molecule has 0 spiro atoms. The van der Waals surface area contributed by atoms with Crippen LogP contribution in [-0.2, 0) is 0 Å². The van der Waals surface area contributed by atoms with Gasteiger partial charge >= 0.3 is 0 Å². The topological polar surface area (TPSA) is 101 Å². The molecule has 0 aromatic rings. The maximum atomic E-state index is 11.3. The molecular formula is C21H42O5. The first-order valence-corrected chi connectivity index (χ1v) is 10.4. The molecule has 5 nitrogen and oxygen atoms in total. The van der Waals surface area contributed by atoms with E-state index in [0.717, 1.165) is 6.42 Å². The Morgan fingerprint density at radius 2 is 1.42 bits per heavy atom. The summed E-state index contributed by atoms with van der Waals surface area (Å²) in [5, 5.41) is 54.8. The summed E-state index contributed by atoms with van der Waals surface area (Å²) in [5.41, 5.74) is -1.70. The molecule has 0 aliphatic heterocycles. The summed E-state index contributed by atoms with van der Waals surface area (Å²) in [6, 6.07) is 0. The molecule has 1 rings (SSSR count). The lowest BCUT2D eigenvalue weighted by atomic mass is 9.61. The van der Waals surface area contributed by atoms with E-state index in [9.17, 15) is 25.5 Å². The van der Waals surface area contributed by atoms with E-state index >= 15 is 0 Å². The van der Waals surface area contributed by atoms with E-state index in [2.05, 4.69) is 13.8 Å². The van der Waals surface area contributed by atoms with E-state index < -0.39 is 41.9 Å². The first-order chi connectivity index (χ1) is 12.0. The Balaban J connectivity index is 3.19. The average molecular weight is 375 g/mol. The summed E-state index contributed by atoms with van der Waals surface area (Å²) in [7, 11) is 0. The lowest BCUT2D eigenvalue weighted by Crippen LogP contribution is -2.68. The maximum absolute atomic E-state index is 11.3. The molecule has 0 amide bonds. The molecule has 156 valence electrons. The summed E-state index contributed by atoms with van der Waals surface area (Å²) in [4.78, 5) is 0. The Morgan fingerprint density at radius 3 is 1.88 bits per heavy atom. The van der Waals surface area contributed by atoms with Crippen LogP contribution < -0.4 is 0 Å². The third-order valence-electron chi connectivity index (χ3n) is 6.45. The van der Waals surface area contributed by atoms with Crippen molar-refractivity contribution in [2.24, 2.45) is 29.6 Å². The second kappa shape index (κ2) is 9.83. The van der Waals surface area contributed by atoms with E-state index in [4.69, 9.17) is 0 Å². The first kappa shape index (κ1) is 23.8. The summed E-state index contributed by atoms with van der Waals surface area (Å²) in [6.07, 6.45) is -1.55. The van der Waals surface area contributed by atoms with E-state index in [1.807, 2.05) is 27.7 Å². The van der Waals surface area contributed by atoms with Gasteiger partial charge in [-0.05, 0) is 37.0 Å². The molecule has 8 atom stereocenters. The highest BCUT2D eigenvalue weighted by atomic mass is 16.4. The molecule has 0 heterocycles. The molecule has 0 bridgehead atoms.